The van der Waals surface area contributed by atoms with Crippen molar-refractivity contribution >= 4 is 23.2 Å². The topological polar surface area (TPSA) is 127 Å². The van der Waals surface area contributed by atoms with Crippen LogP contribution in [0.2, 0.25) is 0 Å². The molecule has 0 heterocycles. The molecule has 8 heteroatoms. The van der Waals surface area contributed by atoms with Crippen LogP contribution in [0, 0.1) is 16.0 Å². The molecule has 0 aromatic heterocycles. The first-order valence-electron chi connectivity index (χ1n) is 6.88. The summed E-state index contributed by atoms with van der Waals surface area (Å²) in [5.41, 5.74) is 5.39. The van der Waals surface area contributed by atoms with E-state index in [1.54, 1.807) is 0 Å². The van der Waals surface area contributed by atoms with Crippen molar-refractivity contribution in [3.05, 3.63) is 33.9 Å². The average molecular weight is 308 g/mol. The zero-order valence-corrected chi connectivity index (χ0v) is 12.8. The third-order valence-electron chi connectivity index (χ3n) is 3.51. The summed E-state index contributed by atoms with van der Waals surface area (Å²) in [4.78, 5) is 33.7. The van der Waals surface area contributed by atoms with Gasteiger partial charge in [-0.2, -0.15) is 0 Å². The van der Waals surface area contributed by atoms with Gasteiger partial charge in [-0.15, -0.1) is 0 Å². The molecule has 0 aliphatic heterocycles. The van der Waals surface area contributed by atoms with E-state index in [9.17, 15) is 19.7 Å². The van der Waals surface area contributed by atoms with Crippen molar-refractivity contribution < 1.29 is 14.5 Å². The largest absolute Gasteiger partial charge is 0.368 e. The first-order valence-corrected chi connectivity index (χ1v) is 6.88. The molecule has 0 spiro atoms. The predicted octanol–water partition coefficient (Wildman–Crippen LogP) is 1.27. The molecule has 0 fully saturated rings. The van der Waals surface area contributed by atoms with Crippen LogP contribution in [-0.2, 0) is 4.79 Å². The van der Waals surface area contributed by atoms with Crippen molar-refractivity contribution in [1.29, 1.82) is 0 Å². The number of primary amides is 1. The van der Waals surface area contributed by atoms with Gasteiger partial charge in [0, 0.05) is 18.7 Å². The Bertz CT molecular complexity index is 588. The second-order valence-corrected chi connectivity index (χ2v) is 4.98. The molecule has 22 heavy (non-hydrogen) atoms. The number of carbonyl (C=O) groups excluding carboxylic acids is 2. The van der Waals surface area contributed by atoms with E-state index >= 15 is 0 Å². The van der Waals surface area contributed by atoms with Crippen molar-refractivity contribution in [2.24, 2.45) is 11.7 Å². The number of nitrogens with one attached hydrogen (secondary N) is 2. The van der Waals surface area contributed by atoms with E-state index in [0.717, 1.165) is 6.07 Å². The number of nitrogens with zero attached hydrogens (tertiary/aromatic N) is 1. The fraction of sp³-hybridized carbons (Fsp3) is 0.429. The lowest BCUT2D eigenvalue weighted by atomic mass is 9.98. The number of anilines is 1. The maximum Gasteiger partial charge on any atom is 0.293 e. The molecule has 1 aromatic carbocycles. The lowest BCUT2D eigenvalue weighted by Crippen LogP contribution is -2.40. The maximum atomic E-state index is 11.6. The molecule has 120 valence electrons. The average Bonchev–Trinajstić information content (AvgIpc) is 2.50. The Labute approximate surface area is 128 Å². The van der Waals surface area contributed by atoms with Crippen LogP contribution in [0.5, 0.6) is 0 Å². The number of nitrogens with two attached hydrogens (primary N) is 1. The minimum atomic E-state index is -0.727. The number of nitro benzene ring substituents is 1. The molecular weight excluding hydrogens is 288 g/mol. The van der Waals surface area contributed by atoms with Crippen LogP contribution < -0.4 is 16.4 Å². The van der Waals surface area contributed by atoms with Crippen molar-refractivity contribution in [1.82, 2.24) is 5.32 Å². The van der Waals surface area contributed by atoms with Crippen LogP contribution in [0.15, 0.2) is 18.2 Å². The van der Waals surface area contributed by atoms with Gasteiger partial charge >= 0.3 is 0 Å². The summed E-state index contributed by atoms with van der Waals surface area (Å²) in [6, 6.07) is 3.29. The lowest BCUT2D eigenvalue weighted by molar-refractivity contribution is -0.384. The van der Waals surface area contributed by atoms with Gasteiger partial charge in [0.15, 0.2) is 0 Å². The highest BCUT2D eigenvalue weighted by Gasteiger charge is 2.25. The summed E-state index contributed by atoms with van der Waals surface area (Å²) in [5, 5.41) is 16.4. The number of hydrogen-bond donors (Lipinski definition) is 3. The normalized spacial score (nSPS) is 13.0. The molecule has 0 bridgehead atoms. The van der Waals surface area contributed by atoms with Gasteiger partial charge in [0.1, 0.15) is 11.7 Å². The number of hydrogen-bond acceptors (Lipinski definition) is 5. The third-order valence-corrected chi connectivity index (χ3v) is 3.51. The van der Waals surface area contributed by atoms with Crippen molar-refractivity contribution in [2.45, 2.75) is 26.3 Å². The highest BCUT2D eigenvalue weighted by Crippen LogP contribution is 2.27. The summed E-state index contributed by atoms with van der Waals surface area (Å²) < 4.78 is 0. The van der Waals surface area contributed by atoms with E-state index in [-0.39, 0.29) is 22.9 Å². The highest BCUT2D eigenvalue weighted by molar-refractivity contribution is 5.95. The minimum Gasteiger partial charge on any atom is -0.368 e. The third kappa shape index (κ3) is 3.94. The second-order valence-electron chi connectivity index (χ2n) is 4.98. The molecule has 0 saturated heterocycles. The summed E-state index contributed by atoms with van der Waals surface area (Å²) in [7, 11) is 1.44. The fourth-order valence-electron chi connectivity index (χ4n) is 1.99. The number of nitro groups is 1. The van der Waals surface area contributed by atoms with Gasteiger partial charge in [-0.1, -0.05) is 20.3 Å². The van der Waals surface area contributed by atoms with E-state index in [1.807, 2.05) is 13.8 Å². The first-order chi connectivity index (χ1) is 10.3. The van der Waals surface area contributed by atoms with Crippen LogP contribution in [-0.4, -0.2) is 29.8 Å². The van der Waals surface area contributed by atoms with E-state index in [0.29, 0.717) is 6.42 Å². The van der Waals surface area contributed by atoms with Crippen molar-refractivity contribution in [2.75, 3.05) is 12.4 Å². The van der Waals surface area contributed by atoms with Gasteiger partial charge < -0.3 is 16.4 Å². The Kier molecular flexibility index (Phi) is 5.85. The summed E-state index contributed by atoms with van der Waals surface area (Å²) in [5.74, 6) is -1.10. The molecule has 0 saturated carbocycles. The maximum absolute atomic E-state index is 11.6. The van der Waals surface area contributed by atoms with E-state index in [2.05, 4.69) is 10.6 Å². The van der Waals surface area contributed by atoms with Gasteiger partial charge in [-0.3, -0.25) is 19.7 Å². The van der Waals surface area contributed by atoms with Gasteiger partial charge in [0.2, 0.25) is 5.91 Å². The molecular formula is C14H20N4O4. The predicted molar refractivity (Wildman–Crippen MR) is 82.5 cm³/mol. The van der Waals surface area contributed by atoms with Crippen LogP contribution in [0.4, 0.5) is 11.4 Å². The Morgan fingerprint density at radius 1 is 1.41 bits per heavy atom. The smallest absolute Gasteiger partial charge is 0.293 e. The second kappa shape index (κ2) is 7.39. The molecule has 8 nitrogen and oxygen atoms in total. The zero-order valence-electron chi connectivity index (χ0n) is 12.8. The van der Waals surface area contributed by atoms with Gasteiger partial charge in [0.05, 0.1) is 4.92 Å². The summed E-state index contributed by atoms with van der Waals surface area (Å²) in [6.45, 7) is 3.72. The van der Waals surface area contributed by atoms with E-state index in [4.69, 9.17) is 5.73 Å². The standard InChI is InChI=1S/C14H20N4O4/c1-4-8(2)12(13(15)19)17-10-6-5-9(14(20)16-3)7-11(10)18(21)22/h5-8,12,17H,4H2,1-3H3,(H2,15,19)(H,16,20)/t8-,12+/m1/s1. The fourth-order valence-corrected chi connectivity index (χ4v) is 1.99. The molecule has 0 aliphatic rings. The van der Waals surface area contributed by atoms with E-state index in [1.165, 1.54) is 19.2 Å². The monoisotopic (exact) mass is 308 g/mol. The van der Waals surface area contributed by atoms with Gasteiger partial charge in [0.25, 0.3) is 11.6 Å². The first kappa shape index (κ1) is 17.4. The molecule has 4 N–H and O–H groups in total. The molecule has 1 aromatic rings. The Balaban J connectivity index is 3.20. The van der Waals surface area contributed by atoms with Gasteiger partial charge in [-0.05, 0) is 18.1 Å². The molecule has 0 aliphatic carbocycles. The molecule has 0 radical (unpaired) electrons. The Morgan fingerprint density at radius 3 is 2.50 bits per heavy atom. The number of rotatable bonds is 7. The molecule has 0 unspecified atom stereocenters. The van der Waals surface area contributed by atoms with Gasteiger partial charge in [-0.25, -0.2) is 0 Å². The van der Waals surface area contributed by atoms with E-state index < -0.39 is 22.8 Å². The SMILES string of the molecule is CC[C@@H](C)[C@H](Nc1ccc(C(=O)NC)cc1[N+](=O)[O-])C(N)=O. The number of carbonyl (C=O) groups is 2. The lowest BCUT2D eigenvalue weighted by Gasteiger charge is -2.22. The summed E-state index contributed by atoms with van der Waals surface area (Å²) >= 11 is 0. The number of benzene rings is 1. The quantitative estimate of drug-likeness (QED) is 0.516. The van der Waals surface area contributed by atoms with Crippen LogP contribution in [0.25, 0.3) is 0 Å². The van der Waals surface area contributed by atoms with Crippen LogP contribution in [0.3, 0.4) is 0 Å². The summed E-state index contributed by atoms with van der Waals surface area (Å²) in [6.07, 6.45) is 0.685. The van der Waals surface area contributed by atoms with Crippen molar-refractivity contribution in [3.63, 3.8) is 0 Å². The van der Waals surface area contributed by atoms with Crippen LogP contribution >= 0.6 is 0 Å². The zero-order chi connectivity index (χ0) is 16.9. The van der Waals surface area contributed by atoms with Crippen LogP contribution in [0.1, 0.15) is 30.6 Å². The minimum absolute atomic E-state index is 0.0873. The Morgan fingerprint density at radius 2 is 2.05 bits per heavy atom. The number of amides is 2. The molecule has 2 atom stereocenters. The van der Waals surface area contributed by atoms with Crippen molar-refractivity contribution in [3.8, 4) is 0 Å². The molecule has 2 amide bonds. The highest BCUT2D eigenvalue weighted by atomic mass is 16.6. The molecule has 1 rings (SSSR count). The Hall–Kier alpha value is -2.64.